The number of hydrogen-bond acceptors (Lipinski definition) is 4. The molecule has 1 saturated heterocycles. The molecule has 4 aliphatic carbocycles. The van der Waals surface area contributed by atoms with Crippen LogP contribution in [0.25, 0.3) is 0 Å². The van der Waals surface area contributed by atoms with E-state index in [1.165, 1.54) is 19.3 Å². The minimum Gasteiger partial charge on any atom is -0.367 e. The summed E-state index contributed by atoms with van der Waals surface area (Å²) in [5, 5.41) is 6.89. The Bertz CT molecular complexity index is 877. The monoisotopic (exact) mass is 486 g/mol. The number of anilines is 2. The normalized spacial score (nSPS) is 30.4. The van der Waals surface area contributed by atoms with Crippen LogP contribution in [0.15, 0.2) is 18.2 Å². The molecule has 1 aromatic carbocycles. The van der Waals surface area contributed by atoms with Gasteiger partial charge in [0, 0.05) is 49.6 Å². The number of rotatable bonds is 8. The van der Waals surface area contributed by atoms with Crippen molar-refractivity contribution in [3.8, 4) is 0 Å². The highest BCUT2D eigenvalue weighted by Crippen LogP contribution is 2.60. The summed E-state index contributed by atoms with van der Waals surface area (Å²) in [7, 11) is 0. The molecule has 0 radical (unpaired) electrons. The standard InChI is InChI=1S/C27H39ClN4O2/c1-2-31-8-10-32(11-9-31)24-6-5-22(28)15-23(24)30-25(33)4-3-7-29-26(34)27-16-19-12-20(17-27)14-21(13-19)18-27/h5-6,15,19-21H,2-4,7-14,16-18H2,1H3,(H,29,34)(H,30,33). The molecule has 2 amide bonds. The summed E-state index contributed by atoms with van der Waals surface area (Å²) in [6.07, 6.45) is 8.29. The fraction of sp³-hybridized carbons (Fsp3) is 0.704. The Morgan fingerprint density at radius 2 is 1.68 bits per heavy atom. The van der Waals surface area contributed by atoms with E-state index in [-0.39, 0.29) is 17.2 Å². The smallest absolute Gasteiger partial charge is 0.226 e. The van der Waals surface area contributed by atoms with Gasteiger partial charge in [0.2, 0.25) is 11.8 Å². The molecule has 4 bridgehead atoms. The highest BCUT2D eigenvalue weighted by Gasteiger charge is 2.54. The number of halogens is 1. The molecule has 2 N–H and O–H groups in total. The van der Waals surface area contributed by atoms with Gasteiger partial charge in [0.15, 0.2) is 0 Å². The molecule has 186 valence electrons. The van der Waals surface area contributed by atoms with Crippen LogP contribution >= 0.6 is 11.6 Å². The van der Waals surface area contributed by atoms with Crippen LogP contribution in [0, 0.1) is 23.2 Å². The summed E-state index contributed by atoms with van der Waals surface area (Å²) in [4.78, 5) is 30.6. The number of nitrogens with one attached hydrogen (secondary N) is 2. The zero-order valence-corrected chi connectivity index (χ0v) is 21.2. The molecule has 0 spiro atoms. The lowest BCUT2D eigenvalue weighted by molar-refractivity contribution is -0.146. The Hall–Kier alpha value is -1.79. The Balaban J connectivity index is 1.10. The van der Waals surface area contributed by atoms with E-state index in [0.29, 0.717) is 24.4 Å². The first-order valence-electron chi connectivity index (χ1n) is 13.3. The molecule has 6 nitrogen and oxygen atoms in total. The fourth-order valence-electron chi connectivity index (χ4n) is 7.43. The third-order valence-electron chi connectivity index (χ3n) is 8.78. The molecule has 1 heterocycles. The van der Waals surface area contributed by atoms with Gasteiger partial charge in [-0.2, -0.15) is 0 Å². The number of carbonyl (C=O) groups is 2. The van der Waals surface area contributed by atoms with Gasteiger partial charge >= 0.3 is 0 Å². The first kappa shape index (κ1) is 23.9. The quantitative estimate of drug-likeness (QED) is 0.530. The van der Waals surface area contributed by atoms with Crippen molar-refractivity contribution in [2.24, 2.45) is 23.2 Å². The number of nitrogens with zero attached hydrogens (tertiary/aromatic N) is 2. The summed E-state index contributed by atoms with van der Waals surface area (Å²) in [5.41, 5.74) is 1.69. The van der Waals surface area contributed by atoms with Gasteiger partial charge in [0.25, 0.3) is 0 Å². The predicted molar refractivity (Wildman–Crippen MR) is 137 cm³/mol. The number of hydrogen-bond donors (Lipinski definition) is 2. The summed E-state index contributed by atoms with van der Waals surface area (Å²) in [6.45, 7) is 7.75. The predicted octanol–water partition coefficient (Wildman–Crippen LogP) is 4.53. The SMILES string of the molecule is CCN1CCN(c2ccc(Cl)cc2NC(=O)CCCNC(=O)C23CC4CC(CC(C4)C2)C3)CC1. The average molecular weight is 487 g/mol. The lowest BCUT2D eigenvalue weighted by atomic mass is 9.49. The molecular weight excluding hydrogens is 448 g/mol. The van der Waals surface area contributed by atoms with Crippen molar-refractivity contribution in [3.05, 3.63) is 23.2 Å². The molecule has 0 unspecified atom stereocenters. The van der Waals surface area contributed by atoms with Gasteiger partial charge in [-0.3, -0.25) is 9.59 Å². The number of benzene rings is 1. The van der Waals surface area contributed by atoms with Crippen molar-refractivity contribution in [3.63, 3.8) is 0 Å². The van der Waals surface area contributed by atoms with Gasteiger partial charge in [-0.25, -0.2) is 0 Å². The van der Waals surface area contributed by atoms with Crippen LogP contribution in [0.1, 0.15) is 58.3 Å². The minimum atomic E-state index is -0.117. The van der Waals surface area contributed by atoms with E-state index in [2.05, 4.69) is 27.4 Å². The summed E-state index contributed by atoms with van der Waals surface area (Å²) >= 11 is 6.25. The molecule has 6 rings (SSSR count). The molecule has 0 atom stereocenters. The van der Waals surface area contributed by atoms with E-state index in [0.717, 1.165) is 81.1 Å². The third-order valence-corrected chi connectivity index (χ3v) is 9.01. The van der Waals surface area contributed by atoms with E-state index in [4.69, 9.17) is 11.6 Å². The zero-order chi connectivity index (χ0) is 23.7. The third kappa shape index (κ3) is 5.08. The van der Waals surface area contributed by atoms with E-state index in [1.807, 2.05) is 18.2 Å². The number of likely N-dealkylation sites (N-methyl/N-ethyl adjacent to an activating group) is 1. The van der Waals surface area contributed by atoms with Crippen LogP contribution in [0.4, 0.5) is 11.4 Å². The van der Waals surface area contributed by atoms with Crippen molar-refractivity contribution in [2.75, 3.05) is 49.5 Å². The van der Waals surface area contributed by atoms with Crippen LogP contribution in [0.2, 0.25) is 5.02 Å². The van der Waals surface area contributed by atoms with E-state index in [9.17, 15) is 9.59 Å². The summed E-state index contributed by atoms with van der Waals surface area (Å²) in [5.74, 6) is 2.51. The molecule has 4 saturated carbocycles. The van der Waals surface area contributed by atoms with Gasteiger partial charge in [0.05, 0.1) is 11.4 Å². The second-order valence-corrected chi connectivity index (χ2v) is 11.6. The van der Waals surface area contributed by atoms with Crippen molar-refractivity contribution in [1.82, 2.24) is 10.2 Å². The molecule has 34 heavy (non-hydrogen) atoms. The Morgan fingerprint density at radius 1 is 1.03 bits per heavy atom. The average Bonchev–Trinajstić information content (AvgIpc) is 2.81. The lowest BCUT2D eigenvalue weighted by Gasteiger charge is -2.55. The van der Waals surface area contributed by atoms with Crippen molar-refractivity contribution in [2.45, 2.75) is 58.3 Å². The van der Waals surface area contributed by atoms with Gasteiger partial charge < -0.3 is 20.4 Å². The minimum absolute atomic E-state index is 0.0280. The number of amides is 2. The first-order chi connectivity index (χ1) is 16.4. The van der Waals surface area contributed by atoms with Crippen LogP contribution < -0.4 is 15.5 Å². The van der Waals surface area contributed by atoms with Gasteiger partial charge in [-0.1, -0.05) is 18.5 Å². The maximum Gasteiger partial charge on any atom is 0.226 e. The van der Waals surface area contributed by atoms with Gasteiger partial charge in [-0.15, -0.1) is 0 Å². The Morgan fingerprint density at radius 3 is 2.29 bits per heavy atom. The Labute approximate surface area is 208 Å². The number of carbonyl (C=O) groups excluding carboxylic acids is 2. The van der Waals surface area contributed by atoms with E-state index < -0.39 is 0 Å². The van der Waals surface area contributed by atoms with Crippen LogP contribution in [0.5, 0.6) is 0 Å². The van der Waals surface area contributed by atoms with E-state index >= 15 is 0 Å². The molecule has 7 heteroatoms. The van der Waals surface area contributed by atoms with Crippen LogP contribution in [0.3, 0.4) is 0 Å². The van der Waals surface area contributed by atoms with Gasteiger partial charge in [-0.05, 0) is 87.4 Å². The molecular formula is C27H39ClN4O2. The molecule has 1 aromatic rings. The second-order valence-electron chi connectivity index (χ2n) is 11.2. The molecule has 0 aromatic heterocycles. The highest BCUT2D eigenvalue weighted by atomic mass is 35.5. The zero-order valence-electron chi connectivity index (χ0n) is 20.5. The number of piperazine rings is 1. The first-order valence-corrected chi connectivity index (χ1v) is 13.7. The maximum absolute atomic E-state index is 13.1. The topological polar surface area (TPSA) is 64.7 Å². The molecule has 1 aliphatic heterocycles. The summed E-state index contributed by atoms with van der Waals surface area (Å²) in [6, 6.07) is 5.74. The summed E-state index contributed by atoms with van der Waals surface area (Å²) < 4.78 is 0. The largest absolute Gasteiger partial charge is 0.367 e. The fourth-order valence-corrected chi connectivity index (χ4v) is 7.60. The van der Waals surface area contributed by atoms with Gasteiger partial charge in [0.1, 0.15) is 0 Å². The highest BCUT2D eigenvalue weighted by molar-refractivity contribution is 6.31. The maximum atomic E-state index is 13.1. The molecule has 5 aliphatic rings. The lowest BCUT2D eigenvalue weighted by Crippen LogP contribution is -2.53. The molecule has 5 fully saturated rings. The van der Waals surface area contributed by atoms with Crippen LogP contribution in [-0.4, -0.2) is 56.0 Å². The second kappa shape index (κ2) is 10.1. The van der Waals surface area contributed by atoms with Crippen molar-refractivity contribution >= 4 is 34.8 Å². The Kier molecular flexibility index (Phi) is 7.08. The van der Waals surface area contributed by atoms with Crippen molar-refractivity contribution < 1.29 is 9.59 Å². The van der Waals surface area contributed by atoms with Crippen molar-refractivity contribution in [1.29, 1.82) is 0 Å². The van der Waals surface area contributed by atoms with Crippen LogP contribution in [-0.2, 0) is 9.59 Å². The van der Waals surface area contributed by atoms with E-state index in [1.54, 1.807) is 0 Å².